The number of nitrogens with zero attached hydrogens (tertiary/aromatic N) is 1. The normalized spacial score (nSPS) is 30.8. The lowest BCUT2D eigenvalue weighted by Gasteiger charge is -2.33. The van der Waals surface area contributed by atoms with Gasteiger partial charge in [-0.1, -0.05) is 0 Å². The van der Waals surface area contributed by atoms with Crippen LogP contribution in [0.25, 0.3) is 0 Å². The Morgan fingerprint density at radius 2 is 2.16 bits per heavy atom. The first-order valence-electron chi connectivity index (χ1n) is 7.50. The van der Waals surface area contributed by atoms with Crippen LogP contribution in [0.15, 0.2) is 0 Å². The van der Waals surface area contributed by atoms with E-state index in [1.54, 1.807) is 0 Å². The Hall–Kier alpha value is -0.450. The molecule has 1 aliphatic heterocycles. The third-order valence-corrected chi connectivity index (χ3v) is 5.67. The van der Waals surface area contributed by atoms with Crippen LogP contribution in [-0.4, -0.2) is 23.7 Å². The lowest BCUT2D eigenvalue weighted by Crippen LogP contribution is -2.50. The highest BCUT2D eigenvalue weighted by molar-refractivity contribution is 7.11. The summed E-state index contributed by atoms with van der Waals surface area (Å²) in [5.41, 5.74) is 1.30. The SMILES string of the molecule is CC(C)NC1(c2nc3c(s2)CCCC3)CCOC1C. The summed E-state index contributed by atoms with van der Waals surface area (Å²) in [6.45, 7) is 7.44. The van der Waals surface area contributed by atoms with Crippen molar-refractivity contribution in [2.24, 2.45) is 0 Å². The molecule has 0 radical (unpaired) electrons. The standard InChI is InChI=1S/C15H24N2OS/c1-10(2)17-15(8-9-18-11(15)3)14-16-12-6-4-5-7-13(12)19-14/h10-11,17H,4-9H2,1-3H3. The van der Waals surface area contributed by atoms with Gasteiger partial charge in [0.2, 0.25) is 0 Å². The molecule has 0 saturated carbocycles. The van der Waals surface area contributed by atoms with Crippen LogP contribution in [0.1, 0.15) is 55.6 Å². The van der Waals surface area contributed by atoms with Crippen molar-refractivity contribution in [3.8, 4) is 0 Å². The second-order valence-electron chi connectivity index (χ2n) is 6.13. The summed E-state index contributed by atoms with van der Waals surface area (Å²) in [5, 5.41) is 5.02. The first-order chi connectivity index (χ1) is 9.12. The Balaban J connectivity index is 1.97. The number of thiazole rings is 1. The number of hydrogen-bond acceptors (Lipinski definition) is 4. The lowest BCUT2D eigenvalue weighted by atomic mass is 9.91. The van der Waals surface area contributed by atoms with Gasteiger partial charge in [-0.25, -0.2) is 4.98 Å². The van der Waals surface area contributed by atoms with E-state index in [1.807, 2.05) is 11.3 Å². The van der Waals surface area contributed by atoms with Gasteiger partial charge in [-0.2, -0.15) is 0 Å². The predicted octanol–water partition coefficient (Wildman–Crippen LogP) is 3.02. The third-order valence-electron chi connectivity index (χ3n) is 4.33. The molecule has 3 nitrogen and oxygen atoms in total. The van der Waals surface area contributed by atoms with Crippen LogP contribution >= 0.6 is 11.3 Å². The van der Waals surface area contributed by atoms with Crippen molar-refractivity contribution in [1.29, 1.82) is 0 Å². The molecule has 0 amide bonds. The van der Waals surface area contributed by atoms with Crippen molar-refractivity contribution in [1.82, 2.24) is 10.3 Å². The van der Waals surface area contributed by atoms with Gasteiger partial charge in [-0.05, 0) is 52.9 Å². The molecule has 1 N–H and O–H groups in total. The Morgan fingerprint density at radius 3 is 2.79 bits per heavy atom. The van der Waals surface area contributed by atoms with Crippen LogP contribution in [0.4, 0.5) is 0 Å². The number of aromatic nitrogens is 1. The average Bonchev–Trinajstić information content (AvgIpc) is 2.94. The molecule has 3 rings (SSSR count). The summed E-state index contributed by atoms with van der Waals surface area (Å²) < 4.78 is 5.86. The monoisotopic (exact) mass is 280 g/mol. The molecule has 1 aromatic rings. The molecule has 106 valence electrons. The van der Waals surface area contributed by atoms with Gasteiger partial charge in [0.25, 0.3) is 0 Å². The average molecular weight is 280 g/mol. The summed E-state index contributed by atoms with van der Waals surface area (Å²) in [6.07, 6.45) is 6.26. The van der Waals surface area contributed by atoms with Gasteiger partial charge < -0.3 is 10.1 Å². The summed E-state index contributed by atoms with van der Waals surface area (Å²) in [7, 11) is 0. The van der Waals surface area contributed by atoms with Crippen LogP contribution in [-0.2, 0) is 23.1 Å². The van der Waals surface area contributed by atoms with Crippen LogP contribution in [0.2, 0.25) is 0 Å². The van der Waals surface area contributed by atoms with E-state index in [9.17, 15) is 0 Å². The largest absolute Gasteiger partial charge is 0.376 e. The van der Waals surface area contributed by atoms with E-state index in [0.717, 1.165) is 13.0 Å². The molecular weight excluding hydrogens is 256 g/mol. The van der Waals surface area contributed by atoms with Crippen molar-refractivity contribution < 1.29 is 4.74 Å². The summed E-state index contributed by atoms with van der Waals surface area (Å²) >= 11 is 1.92. The predicted molar refractivity (Wildman–Crippen MR) is 78.7 cm³/mol. The number of ether oxygens (including phenoxy) is 1. The lowest BCUT2D eigenvalue weighted by molar-refractivity contribution is 0.0783. The maximum atomic E-state index is 5.86. The number of aryl methyl sites for hydroxylation is 2. The van der Waals surface area contributed by atoms with E-state index in [1.165, 1.54) is 41.3 Å². The minimum Gasteiger partial charge on any atom is -0.376 e. The van der Waals surface area contributed by atoms with Gasteiger partial charge in [-0.3, -0.25) is 0 Å². The van der Waals surface area contributed by atoms with Gasteiger partial charge in [0.15, 0.2) is 0 Å². The van der Waals surface area contributed by atoms with Crippen molar-refractivity contribution in [3.05, 3.63) is 15.6 Å². The summed E-state index contributed by atoms with van der Waals surface area (Å²) in [5.74, 6) is 0. The molecule has 2 aliphatic rings. The highest BCUT2D eigenvalue weighted by Gasteiger charge is 2.46. The Morgan fingerprint density at radius 1 is 1.37 bits per heavy atom. The number of fused-ring (bicyclic) bond motifs is 1. The number of hydrogen-bond donors (Lipinski definition) is 1. The van der Waals surface area contributed by atoms with E-state index in [0.29, 0.717) is 6.04 Å². The molecule has 1 saturated heterocycles. The molecule has 1 aliphatic carbocycles. The quantitative estimate of drug-likeness (QED) is 0.924. The van der Waals surface area contributed by atoms with E-state index in [4.69, 9.17) is 9.72 Å². The van der Waals surface area contributed by atoms with Gasteiger partial charge in [-0.15, -0.1) is 11.3 Å². The fourth-order valence-electron chi connectivity index (χ4n) is 3.33. The maximum absolute atomic E-state index is 5.86. The molecule has 2 heterocycles. The zero-order valence-corrected chi connectivity index (χ0v) is 13.0. The topological polar surface area (TPSA) is 34.2 Å². The second kappa shape index (κ2) is 5.15. The molecule has 0 spiro atoms. The summed E-state index contributed by atoms with van der Waals surface area (Å²) in [4.78, 5) is 6.50. The molecular formula is C15H24N2OS. The first-order valence-corrected chi connectivity index (χ1v) is 8.32. The fraction of sp³-hybridized carbons (Fsp3) is 0.800. The van der Waals surface area contributed by atoms with Gasteiger partial charge in [0, 0.05) is 17.5 Å². The summed E-state index contributed by atoms with van der Waals surface area (Å²) in [6, 6.07) is 0.449. The van der Waals surface area contributed by atoms with Crippen LogP contribution in [0, 0.1) is 0 Å². The second-order valence-corrected chi connectivity index (χ2v) is 7.21. The van der Waals surface area contributed by atoms with Gasteiger partial charge >= 0.3 is 0 Å². The number of nitrogens with one attached hydrogen (secondary N) is 1. The zero-order valence-electron chi connectivity index (χ0n) is 12.2. The van der Waals surface area contributed by atoms with Crippen molar-refractivity contribution in [3.63, 3.8) is 0 Å². The number of rotatable bonds is 3. The van der Waals surface area contributed by atoms with E-state index >= 15 is 0 Å². The molecule has 4 heteroatoms. The molecule has 0 aromatic carbocycles. The molecule has 0 bridgehead atoms. The minimum atomic E-state index is -0.0594. The van der Waals surface area contributed by atoms with Crippen LogP contribution < -0.4 is 5.32 Å². The highest BCUT2D eigenvalue weighted by atomic mass is 32.1. The van der Waals surface area contributed by atoms with Gasteiger partial charge in [0.1, 0.15) is 5.01 Å². The Bertz CT molecular complexity index is 433. The van der Waals surface area contributed by atoms with E-state index in [-0.39, 0.29) is 11.6 Å². The van der Waals surface area contributed by atoms with Gasteiger partial charge in [0.05, 0.1) is 17.3 Å². The smallest absolute Gasteiger partial charge is 0.116 e. The third kappa shape index (κ3) is 2.34. The highest BCUT2D eigenvalue weighted by Crippen LogP contribution is 2.40. The molecule has 1 fully saturated rings. The molecule has 1 aromatic heterocycles. The van der Waals surface area contributed by atoms with Crippen molar-refractivity contribution >= 4 is 11.3 Å². The first kappa shape index (κ1) is 13.5. The fourth-order valence-corrected chi connectivity index (χ4v) is 4.74. The zero-order chi connectivity index (χ0) is 13.5. The van der Waals surface area contributed by atoms with Crippen LogP contribution in [0.5, 0.6) is 0 Å². The Labute approximate surface area is 119 Å². The van der Waals surface area contributed by atoms with E-state index < -0.39 is 0 Å². The van der Waals surface area contributed by atoms with Crippen LogP contribution in [0.3, 0.4) is 0 Å². The van der Waals surface area contributed by atoms with E-state index in [2.05, 4.69) is 26.1 Å². The minimum absolute atomic E-state index is 0.0594. The van der Waals surface area contributed by atoms with Crippen molar-refractivity contribution in [2.45, 2.75) is 70.6 Å². The molecule has 2 unspecified atom stereocenters. The molecule has 2 atom stereocenters. The Kier molecular flexibility index (Phi) is 3.67. The molecule has 19 heavy (non-hydrogen) atoms. The van der Waals surface area contributed by atoms with Crippen molar-refractivity contribution in [2.75, 3.05) is 6.61 Å². The maximum Gasteiger partial charge on any atom is 0.116 e.